The Kier molecular flexibility index (Phi) is 4.20. The van der Waals surface area contributed by atoms with E-state index in [2.05, 4.69) is 31.1 Å². The van der Waals surface area contributed by atoms with Gasteiger partial charge in [-0.05, 0) is 40.8 Å². The van der Waals surface area contributed by atoms with E-state index in [1.165, 1.54) is 25.7 Å². The minimum atomic E-state index is 0.589. The van der Waals surface area contributed by atoms with Crippen LogP contribution in [0.15, 0.2) is 0 Å². The van der Waals surface area contributed by atoms with Crippen LogP contribution in [0.3, 0.4) is 0 Å². The highest BCUT2D eigenvalue weighted by Gasteiger charge is 2.25. The van der Waals surface area contributed by atoms with Crippen LogP contribution in [0.5, 0.6) is 0 Å². The summed E-state index contributed by atoms with van der Waals surface area (Å²) in [5.41, 5.74) is 0. The fraction of sp³-hybridized carbons (Fsp3) is 1.00. The van der Waals surface area contributed by atoms with Gasteiger partial charge >= 0.3 is 0 Å². The van der Waals surface area contributed by atoms with Crippen LogP contribution in [0.4, 0.5) is 0 Å². The van der Waals surface area contributed by atoms with Crippen LogP contribution >= 0.6 is 0 Å². The lowest BCUT2D eigenvalue weighted by atomic mass is 10.1. The molecule has 0 aromatic rings. The summed E-state index contributed by atoms with van der Waals surface area (Å²) in [4.78, 5) is 2.55. The largest absolute Gasteiger partial charge is 0.316 e. The number of likely N-dealkylation sites (N-methyl/N-ethyl adjacent to an activating group) is 2. The van der Waals surface area contributed by atoms with Crippen LogP contribution in [-0.2, 0) is 0 Å². The maximum Gasteiger partial charge on any atom is 0.0218 e. The predicted molar refractivity (Wildman–Crippen MR) is 58.0 cm³/mol. The third-order valence-corrected chi connectivity index (χ3v) is 3.72. The van der Waals surface area contributed by atoms with Gasteiger partial charge in [-0.3, -0.25) is 4.90 Å². The zero-order valence-corrected chi connectivity index (χ0v) is 9.51. The van der Waals surface area contributed by atoms with Crippen molar-refractivity contribution in [2.24, 2.45) is 0 Å². The zero-order chi connectivity index (χ0) is 9.84. The van der Waals surface area contributed by atoms with Crippen LogP contribution in [0.25, 0.3) is 0 Å². The summed E-state index contributed by atoms with van der Waals surface area (Å²) in [7, 11) is 4.32. The van der Waals surface area contributed by atoms with Gasteiger partial charge in [0.25, 0.3) is 0 Å². The fourth-order valence-corrected chi connectivity index (χ4v) is 2.24. The highest BCUT2D eigenvalue weighted by atomic mass is 15.2. The van der Waals surface area contributed by atoms with E-state index in [1.54, 1.807) is 0 Å². The first-order valence-electron chi connectivity index (χ1n) is 5.56. The van der Waals surface area contributed by atoms with Crippen LogP contribution < -0.4 is 5.32 Å². The van der Waals surface area contributed by atoms with Gasteiger partial charge in [0.15, 0.2) is 0 Å². The van der Waals surface area contributed by atoms with Gasteiger partial charge in [-0.15, -0.1) is 0 Å². The van der Waals surface area contributed by atoms with Crippen LogP contribution in [0.2, 0.25) is 0 Å². The number of hydrogen-bond acceptors (Lipinski definition) is 2. The van der Waals surface area contributed by atoms with Crippen molar-refractivity contribution in [2.45, 2.75) is 57.7 Å². The second-order valence-electron chi connectivity index (χ2n) is 4.42. The Morgan fingerprint density at radius 1 is 1.23 bits per heavy atom. The van der Waals surface area contributed by atoms with Crippen molar-refractivity contribution in [3.05, 3.63) is 0 Å². The molecule has 2 nitrogen and oxygen atoms in total. The minimum Gasteiger partial charge on any atom is -0.316 e. The Morgan fingerprint density at radius 3 is 2.23 bits per heavy atom. The summed E-state index contributed by atoms with van der Waals surface area (Å²) in [6.07, 6.45) is 5.65. The summed E-state index contributed by atoms with van der Waals surface area (Å²) in [6, 6.07) is 2.07. The van der Waals surface area contributed by atoms with Gasteiger partial charge in [0.05, 0.1) is 0 Å². The summed E-state index contributed by atoms with van der Waals surface area (Å²) >= 11 is 0. The number of hydrogen-bond donors (Lipinski definition) is 1. The number of nitrogens with one attached hydrogen (secondary N) is 1. The molecule has 0 radical (unpaired) electrons. The Bertz CT molecular complexity index is 141. The molecule has 1 N–H and O–H groups in total. The SMILES string of the molecule is CNC(C)C(C)N(C)C1CCCC1. The molecule has 13 heavy (non-hydrogen) atoms. The van der Waals surface area contributed by atoms with E-state index < -0.39 is 0 Å². The molecular weight excluding hydrogens is 160 g/mol. The monoisotopic (exact) mass is 184 g/mol. The first-order chi connectivity index (χ1) is 6.16. The van der Waals surface area contributed by atoms with Gasteiger partial charge in [-0.1, -0.05) is 12.8 Å². The topological polar surface area (TPSA) is 15.3 Å². The van der Waals surface area contributed by atoms with Gasteiger partial charge in [0, 0.05) is 18.1 Å². The molecule has 1 aliphatic rings. The molecule has 1 saturated carbocycles. The molecule has 2 heteroatoms. The Balaban J connectivity index is 2.40. The lowest BCUT2D eigenvalue weighted by molar-refractivity contribution is 0.159. The summed E-state index contributed by atoms with van der Waals surface area (Å²) in [5, 5.41) is 3.33. The average molecular weight is 184 g/mol. The van der Waals surface area contributed by atoms with Crippen molar-refractivity contribution >= 4 is 0 Å². The van der Waals surface area contributed by atoms with Gasteiger partial charge in [-0.2, -0.15) is 0 Å². The molecule has 0 aromatic heterocycles. The first kappa shape index (κ1) is 11.0. The molecule has 2 atom stereocenters. The van der Waals surface area contributed by atoms with E-state index in [9.17, 15) is 0 Å². The molecule has 0 aliphatic heterocycles. The molecule has 0 amide bonds. The fourth-order valence-electron chi connectivity index (χ4n) is 2.24. The van der Waals surface area contributed by atoms with Crippen LogP contribution in [0.1, 0.15) is 39.5 Å². The Hall–Kier alpha value is -0.0800. The lowest BCUT2D eigenvalue weighted by Gasteiger charge is -2.34. The number of rotatable bonds is 4. The molecule has 1 fully saturated rings. The van der Waals surface area contributed by atoms with Gasteiger partial charge in [0.2, 0.25) is 0 Å². The lowest BCUT2D eigenvalue weighted by Crippen LogP contribution is -2.47. The molecule has 0 heterocycles. The second kappa shape index (κ2) is 4.97. The maximum atomic E-state index is 3.33. The normalized spacial score (nSPS) is 23.8. The van der Waals surface area contributed by atoms with Crippen molar-refractivity contribution in [1.29, 1.82) is 0 Å². The van der Waals surface area contributed by atoms with E-state index in [0.717, 1.165) is 6.04 Å². The van der Waals surface area contributed by atoms with Gasteiger partial charge < -0.3 is 5.32 Å². The third kappa shape index (κ3) is 2.68. The van der Waals surface area contributed by atoms with Crippen molar-refractivity contribution in [2.75, 3.05) is 14.1 Å². The van der Waals surface area contributed by atoms with E-state index in [4.69, 9.17) is 0 Å². The summed E-state index contributed by atoms with van der Waals surface area (Å²) in [5.74, 6) is 0. The standard InChI is InChI=1S/C11H24N2/c1-9(12-3)10(2)13(4)11-7-5-6-8-11/h9-12H,5-8H2,1-4H3. The van der Waals surface area contributed by atoms with E-state index in [-0.39, 0.29) is 0 Å². The van der Waals surface area contributed by atoms with Crippen molar-refractivity contribution < 1.29 is 0 Å². The summed E-state index contributed by atoms with van der Waals surface area (Å²) in [6.45, 7) is 4.58. The molecule has 78 valence electrons. The molecule has 0 bridgehead atoms. The third-order valence-electron chi connectivity index (χ3n) is 3.72. The van der Waals surface area contributed by atoms with Crippen molar-refractivity contribution in [3.8, 4) is 0 Å². The average Bonchev–Trinajstić information content (AvgIpc) is 2.67. The second-order valence-corrected chi connectivity index (χ2v) is 4.42. The van der Waals surface area contributed by atoms with E-state index in [1.807, 2.05) is 7.05 Å². The maximum absolute atomic E-state index is 3.33. The van der Waals surface area contributed by atoms with E-state index >= 15 is 0 Å². The summed E-state index contributed by atoms with van der Waals surface area (Å²) < 4.78 is 0. The highest BCUT2D eigenvalue weighted by molar-refractivity contribution is 4.82. The first-order valence-corrected chi connectivity index (χ1v) is 5.56. The zero-order valence-electron chi connectivity index (χ0n) is 9.51. The Morgan fingerprint density at radius 2 is 1.77 bits per heavy atom. The molecule has 2 unspecified atom stereocenters. The van der Waals surface area contributed by atoms with Crippen LogP contribution in [0, 0.1) is 0 Å². The smallest absolute Gasteiger partial charge is 0.0218 e. The quantitative estimate of drug-likeness (QED) is 0.717. The molecule has 0 aromatic carbocycles. The molecule has 0 spiro atoms. The molecule has 0 saturated heterocycles. The number of nitrogens with zero attached hydrogens (tertiary/aromatic N) is 1. The Labute approximate surface area is 82.7 Å². The van der Waals surface area contributed by atoms with Crippen molar-refractivity contribution in [1.82, 2.24) is 10.2 Å². The molecule has 1 rings (SSSR count). The van der Waals surface area contributed by atoms with Gasteiger partial charge in [0.1, 0.15) is 0 Å². The van der Waals surface area contributed by atoms with E-state index in [0.29, 0.717) is 12.1 Å². The van der Waals surface area contributed by atoms with Crippen LogP contribution in [-0.4, -0.2) is 37.1 Å². The molecule has 1 aliphatic carbocycles. The van der Waals surface area contributed by atoms with Crippen molar-refractivity contribution in [3.63, 3.8) is 0 Å². The highest BCUT2D eigenvalue weighted by Crippen LogP contribution is 2.24. The van der Waals surface area contributed by atoms with Gasteiger partial charge in [-0.25, -0.2) is 0 Å². The molecular formula is C11H24N2. The predicted octanol–water partition coefficient (Wildman–Crippen LogP) is 1.86. The minimum absolute atomic E-state index is 0.589.